The van der Waals surface area contributed by atoms with Crippen molar-refractivity contribution >= 4 is 22.5 Å². The number of para-hydroxylation sites is 1. The SMILES string of the molecule is CC(C)CCNc1nc2ccccc2c2nc(-c3ccncc3)nn12. The van der Waals surface area contributed by atoms with Crippen LogP contribution in [-0.2, 0) is 0 Å². The minimum Gasteiger partial charge on any atom is -0.354 e. The van der Waals surface area contributed by atoms with Crippen LogP contribution in [0.2, 0.25) is 0 Å². The van der Waals surface area contributed by atoms with Crippen molar-refractivity contribution in [3.05, 3.63) is 48.8 Å². The summed E-state index contributed by atoms with van der Waals surface area (Å²) in [6, 6.07) is 11.8. The third-order valence-electron chi connectivity index (χ3n) is 4.12. The summed E-state index contributed by atoms with van der Waals surface area (Å²) in [5.41, 5.74) is 2.66. The molecule has 4 aromatic rings. The van der Waals surface area contributed by atoms with Crippen LogP contribution in [0.25, 0.3) is 27.9 Å². The summed E-state index contributed by atoms with van der Waals surface area (Å²) in [6.07, 6.45) is 4.57. The van der Waals surface area contributed by atoms with Gasteiger partial charge in [-0.15, -0.1) is 5.10 Å². The lowest BCUT2D eigenvalue weighted by Crippen LogP contribution is -2.11. The van der Waals surface area contributed by atoms with E-state index in [1.54, 1.807) is 16.9 Å². The molecular weight excluding hydrogens is 312 g/mol. The van der Waals surface area contributed by atoms with E-state index < -0.39 is 0 Å². The molecule has 0 radical (unpaired) electrons. The molecule has 126 valence electrons. The zero-order valence-electron chi connectivity index (χ0n) is 14.3. The van der Waals surface area contributed by atoms with Crippen LogP contribution >= 0.6 is 0 Å². The second-order valence-corrected chi connectivity index (χ2v) is 6.47. The van der Waals surface area contributed by atoms with Gasteiger partial charge >= 0.3 is 0 Å². The monoisotopic (exact) mass is 332 g/mol. The first-order chi connectivity index (χ1) is 12.2. The molecular formula is C19H20N6. The first kappa shape index (κ1) is 15.5. The van der Waals surface area contributed by atoms with E-state index in [1.807, 2.05) is 36.4 Å². The fourth-order valence-electron chi connectivity index (χ4n) is 2.77. The van der Waals surface area contributed by atoms with Gasteiger partial charge in [-0.1, -0.05) is 26.0 Å². The quantitative estimate of drug-likeness (QED) is 0.602. The van der Waals surface area contributed by atoms with Crippen LogP contribution < -0.4 is 5.32 Å². The predicted molar refractivity (Wildman–Crippen MR) is 99.5 cm³/mol. The number of nitrogens with zero attached hydrogens (tertiary/aromatic N) is 5. The molecule has 3 aromatic heterocycles. The lowest BCUT2D eigenvalue weighted by atomic mass is 10.1. The Morgan fingerprint density at radius 2 is 1.84 bits per heavy atom. The van der Waals surface area contributed by atoms with Crippen LogP contribution in [0.5, 0.6) is 0 Å². The first-order valence-electron chi connectivity index (χ1n) is 8.52. The van der Waals surface area contributed by atoms with Gasteiger partial charge < -0.3 is 5.32 Å². The molecule has 0 saturated carbocycles. The van der Waals surface area contributed by atoms with Crippen LogP contribution in [0.4, 0.5) is 5.95 Å². The standard InChI is InChI=1S/C19H20N6/c1-13(2)7-12-21-19-22-16-6-4-3-5-15(16)18-23-17(24-25(18)19)14-8-10-20-11-9-14/h3-6,8-11,13H,7,12H2,1-2H3,(H,21,22). The number of rotatable bonds is 5. The molecule has 6 heteroatoms. The Bertz CT molecular complexity index is 1010. The molecule has 4 rings (SSSR count). The van der Waals surface area contributed by atoms with Gasteiger partial charge in [-0.25, -0.2) is 9.97 Å². The predicted octanol–water partition coefficient (Wildman–Crippen LogP) is 3.80. The second kappa shape index (κ2) is 6.47. The van der Waals surface area contributed by atoms with Gasteiger partial charge in [0.25, 0.3) is 0 Å². The smallest absolute Gasteiger partial charge is 0.226 e. The maximum absolute atomic E-state index is 4.76. The molecule has 0 aliphatic rings. The number of benzene rings is 1. The van der Waals surface area contributed by atoms with Gasteiger partial charge in [0.05, 0.1) is 5.52 Å². The molecule has 25 heavy (non-hydrogen) atoms. The third-order valence-corrected chi connectivity index (χ3v) is 4.12. The highest BCUT2D eigenvalue weighted by Crippen LogP contribution is 2.23. The summed E-state index contributed by atoms with van der Waals surface area (Å²) < 4.78 is 1.80. The van der Waals surface area contributed by atoms with Crippen molar-refractivity contribution in [2.24, 2.45) is 5.92 Å². The number of pyridine rings is 1. The summed E-state index contributed by atoms with van der Waals surface area (Å²) in [7, 11) is 0. The summed E-state index contributed by atoms with van der Waals surface area (Å²) in [5.74, 6) is 2.03. The number of anilines is 1. The van der Waals surface area contributed by atoms with Gasteiger partial charge in [-0.2, -0.15) is 4.52 Å². The Kier molecular flexibility index (Phi) is 4.01. The zero-order valence-corrected chi connectivity index (χ0v) is 14.3. The van der Waals surface area contributed by atoms with Gasteiger partial charge in [0.2, 0.25) is 5.95 Å². The Morgan fingerprint density at radius 3 is 2.64 bits per heavy atom. The van der Waals surface area contributed by atoms with E-state index in [4.69, 9.17) is 9.97 Å². The molecule has 6 nitrogen and oxygen atoms in total. The lowest BCUT2D eigenvalue weighted by Gasteiger charge is -2.10. The average molecular weight is 332 g/mol. The summed E-state index contributed by atoms with van der Waals surface area (Å²) in [5, 5.41) is 9.09. The highest BCUT2D eigenvalue weighted by molar-refractivity contribution is 5.92. The number of hydrogen-bond donors (Lipinski definition) is 1. The molecule has 1 aromatic carbocycles. The summed E-state index contributed by atoms with van der Waals surface area (Å²) in [4.78, 5) is 13.6. The van der Waals surface area contributed by atoms with E-state index in [0.717, 1.165) is 41.0 Å². The number of aromatic nitrogens is 5. The van der Waals surface area contributed by atoms with Crippen LogP contribution in [0.1, 0.15) is 20.3 Å². The molecule has 0 aliphatic carbocycles. The Morgan fingerprint density at radius 1 is 1.04 bits per heavy atom. The van der Waals surface area contributed by atoms with Gasteiger partial charge in [-0.3, -0.25) is 4.98 Å². The normalized spacial score (nSPS) is 11.5. The van der Waals surface area contributed by atoms with E-state index in [-0.39, 0.29) is 0 Å². The van der Waals surface area contributed by atoms with E-state index in [1.165, 1.54) is 0 Å². The number of nitrogens with one attached hydrogen (secondary N) is 1. The molecule has 0 atom stereocenters. The van der Waals surface area contributed by atoms with E-state index in [9.17, 15) is 0 Å². The molecule has 0 fully saturated rings. The van der Waals surface area contributed by atoms with Gasteiger partial charge in [0, 0.05) is 29.9 Å². The van der Waals surface area contributed by atoms with Crippen LogP contribution in [0, 0.1) is 5.92 Å². The average Bonchev–Trinajstić information content (AvgIpc) is 3.08. The Hall–Kier alpha value is -3.02. The molecule has 0 amide bonds. The van der Waals surface area contributed by atoms with Crippen LogP contribution in [-0.4, -0.2) is 31.1 Å². The van der Waals surface area contributed by atoms with Crippen molar-refractivity contribution in [3.63, 3.8) is 0 Å². The molecule has 0 unspecified atom stereocenters. The van der Waals surface area contributed by atoms with Gasteiger partial charge in [-0.05, 0) is 36.6 Å². The van der Waals surface area contributed by atoms with Crippen molar-refractivity contribution in [1.29, 1.82) is 0 Å². The fraction of sp³-hybridized carbons (Fsp3) is 0.263. The molecule has 0 bridgehead atoms. The van der Waals surface area contributed by atoms with Gasteiger partial charge in [0.1, 0.15) is 0 Å². The van der Waals surface area contributed by atoms with Crippen LogP contribution in [0.3, 0.4) is 0 Å². The second-order valence-electron chi connectivity index (χ2n) is 6.47. The van der Waals surface area contributed by atoms with E-state index >= 15 is 0 Å². The highest BCUT2D eigenvalue weighted by atomic mass is 15.4. The Labute approximate surface area is 146 Å². The summed E-state index contributed by atoms with van der Waals surface area (Å²) >= 11 is 0. The number of fused-ring (bicyclic) bond motifs is 3. The van der Waals surface area contributed by atoms with Crippen molar-refractivity contribution in [2.45, 2.75) is 20.3 Å². The minimum absolute atomic E-state index is 0.631. The van der Waals surface area contributed by atoms with Crippen molar-refractivity contribution in [1.82, 2.24) is 24.6 Å². The fourth-order valence-corrected chi connectivity index (χ4v) is 2.77. The van der Waals surface area contributed by atoms with Gasteiger partial charge in [0.15, 0.2) is 11.5 Å². The summed E-state index contributed by atoms with van der Waals surface area (Å²) in [6.45, 7) is 5.27. The Balaban J connectivity index is 1.86. The first-order valence-corrected chi connectivity index (χ1v) is 8.52. The number of hydrogen-bond acceptors (Lipinski definition) is 5. The molecule has 0 spiro atoms. The topological polar surface area (TPSA) is 68.0 Å². The molecule has 1 N–H and O–H groups in total. The maximum Gasteiger partial charge on any atom is 0.226 e. The maximum atomic E-state index is 4.76. The van der Waals surface area contributed by atoms with Crippen molar-refractivity contribution in [3.8, 4) is 11.4 Å². The highest BCUT2D eigenvalue weighted by Gasteiger charge is 2.14. The third kappa shape index (κ3) is 3.03. The van der Waals surface area contributed by atoms with Crippen molar-refractivity contribution < 1.29 is 0 Å². The molecule has 0 aliphatic heterocycles. The minimum atomic E-state index is 0.631. The van der Waals surface area contributed by atoms with E-state index in [2.05, 4.69) is 29.2 Å². The molecule has 3 heterocycles. The lowest BCUT2D eigenvalue weighted by molar-refractivity contribution is 0.605. The van der Waals surface area contributed by atoms with E-state index in [0.29, 0.717) is 11.7 Å². The largest absolute Gasteiger partial charge is 0.354 e. The molecule has 0 saturated heterocycles. The van der Waals surface area contributed by atoms with Crippen LogP contribution in [0.15, 0.2) is 48.8 Å². The van der Waals surface area contributed by atoms with Crippen molar-refractivity contribution in [2.75, 3.05) is 11.9 Å². The zero-order chi connectivity index (χ0) is 17.2.